The molecule has 0 spiro atoms. The van der Waals surface area contributed by atoms with Crippen LogP contribution >= 0.6 is 0 Å². The summed E-state index contributed by atoms with van der Waals surface area (Å²) in [6, 6.07) is 10.0. The average Bonchev–Trinajstić information content (AvgIpc) is 3.25. The molecular formula is C28H31F2N3O5. The standard InChI is InChI=1S/C28H31F2N3O5/c1-16-4-7-18(8-5-16)21(26(34)35)12-24-31-25-20-9-6-17(2)32(27(36)37-3)22(20)10-11-23(25)33(24)19-13-28(29,30)15-38-14-19/h4-5,7-8,10-11,17,19,21H,6,9,12-15H2,1-3H3,(H,34,35). The number of benzene rings is 2. The molecule has 0 aliphatic carbocycles. The number of hydrogen-bond acceptors (Lipinski definition) is 5. The van der Waals surface area contributed by atoms with Crippen LogP contribution < -0.4 is 4.90 Å². The number of hydrogen-bond donors (Lipinski definition) is 1. The molecule has 3 atom stereocenters. The van der Waals surface area contributed by atoms with Crippen LogP contribution in [0.4, 0.5) is 19.3 Å². The SMILES string of the molecule is COC(=O)N1c2ccc3c(nc(CC(C(=O)O)c4ccc(C)cc4)n3C3COCC(F)(F)C3)c2CCC1C. The number of aromatic nitrogens is 2. The van der Waals surface area contributed by atoms with Gasteiger partial charge in [-0.05, 0) is 44.4 Å². The van der Waals surface area contributed by atoms with Gasteiger partial charge in [0.25, 0.3) is 5.92 Å². The molecule has 10 heteroatoms. The van der Waals surface area contributed by atoms with Gasteiger partial charge >= 0.3 is 12.1 Å². The molecule has 1 saturated heterocycles. The van der Waals surface area contributed by atoms with Crippen molar-refractivity contribution in [2.24, 2.45) is 0 Å². The molecule has 2 aromatic carbocycles. The molecule has 1 N–H and O–H groups in total. The zero-order valence-corrected chi connectivity index (χ0v) is 21.6. The van der Waals surface area contributed by atoms with Crippen LogP contribution in [-0.4, -0.2) is 59.0 Å². The lowest BCUT2D eigenvalue weighted by molar-refractivity contribution is -0.139. The van der Waals surface area contributed by atoms with Gasteiger partial charge in [0.05, 0.1) is 42.4 Å². The van der Waals surface area contributed by atoms with Gasteiger partial charge in [-0.15, -0.1) is 0 Å². The van der Waals surface area contributed by atoms with E-state index in [9.17, 15) is 23.5 Å². The topological polar surface area (TPSA) is 93.9 Å². The minimum atomic E-state index is -3.01. The lowest BCUT2D eigenvalue weighted by Gasteiger charge is -2.34. The number of rotatable bonds is 5. The molecule has 2 aliphatic rings. The number of aliphatic carboxylic acids is 1. The summed E-state index contributed by atoms with van der Waals surface area (Å²) < 4.78 is 40.9. The van der Waals surface area contributed by atoms with Crippen LogP contribution in [0.25, 0.3) is 11.0 Å². The highest BCUT2D eigenvalue weighted by Gasteiger charge is 2.40. The molecule has 3 aromatic rings. The van der Waals surface area contributed by atoms with Crippen LogP contribution in [0.1, 0.15) is 54.2 Å². The second-order valence-electron chi connectivity index (χ2n) is 10.3. The number of fused-ring (bicyclic) bond motifs is 3. The van der Waals surface area contributed by atoms with E-state index >= 15 is 0 Å². The van der Waals surface area contributed by atoms with Crippen molar-refractivity contribution in [1.82, 2.24) is 9.55 Å². The first-order valence-corrected chi connectivity index (χ1v) is 12.7. The number of carboxylic acid groups (broad SMARTS) is 1. The molecule has 3 unspecified atom stereocenters. The van der Waals surface area contributed by atoms with E-state index in [1.807, 2.05) is 26.0 Å². The third-order valence-electron chi connectivity index (χ3n) is 7.59. The minimum absolute atomic E-state index is 0.0149. The van der Waals surface area contributed by atoms with Crippen molar-refractivity contribution in [3.63, 3.8) is 0 Å². The number of carbonyl (C=O) groups excluding carboxylic acids is 1. The van der Waals surface area contributed by atoms with Gasteiger partial charge in [0.1, 0.15) is 12.4 Å². The van der Waals surface area contributed by atoms with Crippen molar-refractivity contribution in [3.05, 3.63) is 58.9 Å². The summed E-state index contributed by atoms with van der Waals surface area (Å²) in [6.07, 6.45) is 0.407. The molecule has 5 rings (SSSR count). The number of carbonyl (C=O) groups is 2. The maximum absolute atomic E-state index is 14.5. The van der Waals surface area contributed by atoms with Gasteiger partial charge in [0.15, 0.2) is 0 Å². The summed E-state index contributed by atoms with van der Waals surface area (Å²) in [5, 5.41) is 10.1. The predicted octanol–water partition coefficient (Wildman–Crippen LogP) is 5.26. The Morgan fingerprint density at radius 3 is 2.63 bits per heavy atom. The quantitative estimate of drug-likeness (QED) is 0.487. The fraction of sp³-hybridized carbons (Fsp3) is 0.464. The van der Waals surface area contributed by atoms with Crippen molar-refractivity contribution in [2.75, 3.05) is 25.2 Å². The fourth-order valence-electron chi connectivity index (χ4n) is 5.68. The maximum Gasteiger partial charge on any atom is 0.414 e. The molecule has 202 valence electrons. The second kappa shape index (κ2) is 9.98. The van der Waals surface area contributed by atoms with Crippen molar-refractivity contribution < 1.29 is 33.0 Å². The molecule has 8 nitrogen and oxygen atoms in total. The van der Waals surface area contributed by atoms with E-state index in [0.29, 0.717) is 41.0 Å². The van der Waals surface area contributed by atoms with E-state index in [4.69, 9.17) is 14.5 Å². The maximum atomic E-state index is 14.5. The Balaban J connectivity index is 1.66. The van der Waals surface area contributed by atoms with Crippen LogP contribution in [-0.2, 0) is 27.1 Å². The molecule has 0 radical (unpaired) electrons. The lowest BCUT2D eigenvalue weighted by atomic mass is 9.94. The lowest BCUT2D eigenvalue weighted by Crippen LogP contribution is -2.42. The van der Waals surface area contributed by atoms with Crippen molar-refractivity contribution in [3.8, 4) is 0 Å². The number of anilines is 1. The van der Waals surface area contributed by atoms with Crippen LogP contribution in [0, 0.1) is 6.92 Å². The molecule has 1 fully saturated rings. The zero-order chi connectivity index (χ0) is 27.2. The first kappa shape index (κ1) is 26.1. The summed E-state index contributed by atoms with van der Waals surface area (Å²) in [5.74, 6) is -4.55. The van der Waals surface area contributed by atoms with Crippen molar-refractivity contribution in [1.29, 1.82) is 0 Å². The van der Waals surface area contributed by atoms with Crippen LogP contribution in [0.5, 0.6) is 0 Å². The molecule has 1 aromatic heterocycles. The minimum Gasteiger partial charge on any atom is -0.481 e. The first-order valence-electron chi connectivity index (χ1n) is 12.7. The van der Waals surface area contributed by atoms with E-state index in [-0.39, 0.29) is 19.1 Å². The molecule has 0 bridgehead atoms. The smallest absolute Gasteiger partial charge is 0.414 e. The normalized spacial score (nSPS) is 21.7. The number of halogens is 2. The van der Waals surface area contributed by atoms with Crippen LogP contribution in [0.3, 0.4) is 0 Å². The Bertz CT molecular complexity index is 1370. The summed E-state index contributed by atoms with van der Waals surface area (Å²) in [4.78, 5) is 31.4. The first-order chi connectivity index (χ1) is 18.1. The predicted molar refractivity (Wildman–Crippen MR) is 137 cm³/mol. The molecule has 2 aliphatic heterocycles. The largest absolute Gasteiger partial charge is 0.481 e. The van der Waals surface area contributed by atoms with E-state index < -0.39 is 43.0 Å². The third-order valence-corrected chi connectivity index (χ3v) is 7.59. The monoisotopic (exact) mass is 527 g/mol. The van der Waals surface area contributed by atoms with E-state index in [2.05, 4.69) is 0 Å². The molecule has 3 heterocycles. The highest BCUT2D eigenvalue weighted by Crippen LogP contribution is 2.40. The Morgan fingerprint density at radius 2 is 1.97 bits per heavy atom. The highest BCUT2D eigenvalue weighted by atomic mass is 19.3. The highest BCUT2D eigenvalue weighted by molar-refractivity contribution is 5.95. The van der Waals surface area contributed by atoms with Gasteiger partial charge in [0.2, 0.25) is 0 Å². The second-order valence-corrected chi connectivity index (χ2v) is 10.3. The molecular weight excluding hydrogens is 496 g/mol. The number of carboxylic acids is 1. The van der Waals surface area contributed by atoms with Gasteiger partial charge in [-0.25, -0.2) is 18.6 Å². The molecule has 0 saturated carbocycles. The zero-order valence-electron chi connectivity index (χ0n) is 21.6. The van der Waals surface area contributed by atoms with Gasteiger partial charge in [-0.3, -0.25) is 9.69 Å². The third kappa shape index (κ3) is 4.73. The van der Waals surface area contributed by atoms with E-state index in [1.165, 1.54) is 7.11 Å². The van der Waals surface area contributed by atoms with Crippen LogP contribution in [0.15, 0.2) is 36.4 Å². The Hall–Kier alpha value is -3.53. The molecule has 1 amide bonds. The van der Waals surface area contributed by atoms with Gasteiger partial charge in [-0.2, -0.15) is 0 Å². The Morgan fingerprint density at radius 1 is 1.24 bits per heavy atom. The summed E-state index contributed by atoms with van der Waals surface area (Å²) >= 11 is 0. The number of nitrogens with zero attached hydrogens (tertiary/aromatic N) is 3. The number of methoxy groups -OCH3 is 1. The van der Waals surface area contributed by atoms with Gasteiger partial charge in [-0.1, -0.05) is 29.8 Å². The van der Waals surface area contributed by atoms with Gasteiger partial charge < -0.3 is 19.1 Å². The number of imidazole rings is 1. The Kier molecular flexibility index (Phi) is 6.85. The van der Waals surface area contributed by atoms with Crippen molar-refractivity contribution in [2.45, 2.75) is 63.5 Å². The number of aryl methyl sites for hydroxylation is 2. The fourth-order valence-corrected chi connectivity index (χ4v) is 5.68. The van der Waals surface area contributed by atoms with Crippen LogP contribution in [0.2, 0.25) is 0 Å². The Labute approximate surface area is 219 Å². The van der Waals surface area contributed by atoms with Crippen molar-refractivity contribution >= 4 is 28.8 Å². The average molecular weight is 528 g/mol. The number of alkyl halides is 2. The van der Waals surface area contributed by atoms with E-state index in [1.54, 1.807) is 33.7 Å². The summed E-state index contributed by atoms with van der Waals surface area (Å²) in [7, 11) is 1.33. The van der Waals surface area contributed by atoms with E-state index in [0.717, 1.165) is 11.1 Å². The molecule has 38 heavy (non-hydrogen) atoms. The summed E-state index contributed by atoms with van der Waals surface area (Å²) in [6.45, 7) is 3.28. The number of ether oxygens (including phenoxy) is 2. The summed E-state index contributed by atoms with van der Waals surface area (Å²) in [5.41, 5.74) is 4.30. The van der Waals surface area contributed by atoms with Gasteiger partial charge in [0, 0.05) is 24.4 Å². The number of amides is 1.